The van der Waals surface area contributed by atoms with Gasteiger partial charge in [0.25, 0.3) is 0 Å². The van der Waals surface area contributed by atoms with Gasteiger partial charge >= 0.3 is 0 Å². The molecular weight excluding hydrogens is 382 g/mol. The molecule has 0 saturated carbocycles. The molecule has 20 heavy (non-hydrogen) atoms. The molecule has 0 fully saturated rings. The van der Waals surface area contributed by atoms with Crippen molar-refractivity contribution in [2.75, 3.05) is 7.05 Å². The minimum absolute atomic E-state index is 0.0184. The van der Waals surface area contributed by atoms with Crippen molar-refractivity contribution in [2.24, 2.45) is 0 Å². The van der Waals surface area contributed by atoms with Gasteiger partial charge in [-0.2, -0.15) is 0 Å². The lowest BCUT2D eigenvalue weighted by molar-refractivity contribution is 0.491. The fourth-order valence-corrected chi connectivity index (χ4v) is 3.61. The average Bonchev–Trinajstić information content (AvgIpc) is 2.85. The molecule has 2 nitrogen and oxygen atoms in total. The monoisotopic (exact) mass is 393 g/mol. The zero-order valence-corrected chi connectivity index (χ0v) is 14.0. The van der Waals surface area contributed by atoms with Crippen LogP contribution in [0.25, 0.3) is 11.0 Å². The van der Waals surface area contributed by atoms with E-state index in [0.717, 1.165) is 31.2 Å². The van der Waals surface area contributed by atoms with Gasteiger partial charge in [-0.05, 0) is 36.9 Å². The Balaban J connectivity index is 2.08. The molecule has 1 unspecified atom stereocenters. The third kappa shape index (κ3) is 2.55. The molecule has 0 spiro atoms. The highest BCUT2D eigenvalue weighted by atomic mass is 79.9. The molecular formula is C16H13Br2NO. The minimum atomic E-state index is 0.0184. The van der Waals surface area contributed by atoms with E-state index in [4.69, 9.17) is 4.42 Å². The van der Waals surface area contributed by atoms with Crippen molar-refractivity contribution in [3.63, 3.8) is 0 Å². The second-order valence-corrected chi connectivity index (χ2v) is 6.34. The smallest absolute Gasteiger partial charge is 0.134 e. The van der Waals surface area contributed by atoms with E-state index in [9.17, 15) is 0 Å². The van der Waals surface area contributed by atoms with Gasteiger partial charge in [0.15, 0.2) is 0 Å². The van der Waals surface area contributed by atoms with E-state index < -0.39 is 0 Å². The highest BCUT2D eigenvalue weighted by Gasteiger charge is 2.19. The molecule has 0 saturated heterocycles. The van der Waals surface area contributed by atoms with Crippen LogP contribution < -0.4 is 5.32 Å². The highest BCUT2D eigenvalue weighted by molar-refractivity contribution is 9.11. The molecule has 4 heteroatoms. The van der Waals surface area contributed by atoms with E-state index in [0.29, 0.717) is 0 Å². The maximum Gasteiger partial charge on any atom is 0.134 e. The fourth-order valence-electron chi connectivity index (χ4n) is 2.33. The summed E-state index contributed by atoms with van der Waals surface area (Å²) >= 11 is 7.10. The van der Waals surface area contributed by atoms with Crippen LogP contribution in [-0.4, -0.2) is 7.05 Å². The van der Waals surface area contributed by atoms with E-state index in [1.807, 2.05) is 37.4 Å². The van der Waals surface area contributed by atoms with Gasteiger partial charge in [-0.25, -0.2) is 0 Å². The Bertz CT molecular complexity index is 718. The molecule has 2 aromatic carbocycles. The lowest BCUT2D eigenvalue weighted by atomic mass is 10.0. The summed E-state index contributed by atoms with van der Waals surface area (Å²) in [6.45, 7) is 0. The summed E-state index contributed by atoms with van der Waals surface area (Å²) in [5, 5.41) is 4.44. The Kier molecular flexibility index (Phi) is 3.96. The summed E-state index contributed by atoms with van der Waals surface area (Å²) < 4.78 is 8.06. The van der Waals surface area contributed by atoms with Gasteiger partial charge in [-0.3, -0.25) is 0 Å². The number of para-hydroxylation sites is 1. The Morgan fingerprint density at radius 2 is 1.85 bits per heavy atom. The quantitative estimate of drug-likeness (QED) is 0.654. The number of hydrogen-bond donors (Lipinski definition) is 1. The standard InChI is InChI=1S/C16H13Br2NO/c1-19-16(12-7-6-11(17)9-13(12)18)15-8-10-4-2-3-5-14(10)20-15/h2-9,16,19H,1H3. The van der Waals surface area contributed by atoms with Crippen molar-refractivity contribution in [3.8, 4) is 0 Å². The van der Waals surface area contributed by atoms with Crippen LogP contribution in [0, 0.1) is 0 Å². The molecule has 0 bridgehead atoms. The first-order valence-electron chi connectivity index (χ1n) is 6.29. The minimum Gasteiger partial charge on any atom is -0.459 e. The maximum absolute atomic E-state index is 5.97. The highest BCUT2D eigenvalue weighted by Crippen LogP contribution is 2.33. The Morgan fingerprint density at radius 1 is 1.05 bits per heavy atom. The van der Waals surface area contributed by atoms with E-state index >= 15 is 0 Å². The molecule has 102 valence electrons. The SMILES string of the molecule is CNC(c1cc2ccccc2o1)c1ccc(Br)cc1Br. The predicted octanol–water partition coefficient (Wildman–Crippen LogP) is 5.27. The topological polar surface area (TPSA) is 25.2 Å². The van der Waals surface area contributed by atoms with Crippen LogP contribution >= 0.6 is 31.9 Å². The first kappa shape index (κ1) is 13.9. The van der Waals surface area contributed by atoms with Crippen molar-refractivity contribution in [3.05, 3.63) is 68.8 Å². The summed E-state index contributed by atoms with van der Waals surface area (Å²) in [6.07, 6.45) is 0. The van der Waals surface area contributed by atoms with Crippen LogP contribution in [0.5, 0.6) is 0 Å². The molecule has 0 aliphatic carbocycles. The summed E-state index contributed by atoms with van der Waals surface area (Å²) in [6, 6.07) is 16.3. The third-order valence-corrected chi connectivity index (χ3v) is 4.47. The second-order valence-electron chi connectivity index (χ2n) is 4.57. The molecule has 3 rings (SSSR count). The van der Waals surface area contributed by atoms with E-state index in [1.165, 1.54) is 0 Å². The normalized spacial score (nSPS) is 12.8. The molecule has 0 radical (unpaired) electrons. The fraction of sp³-hybridized carbons (Fsp3) is 0.125. The van der Waals surface area contributed by atoms with Crippen molar-refractivity contribution < 1.29 is 4.42 Å². The number of fused-ring (bicyclic) bond motifs is 1. The van der Waals surface area contributed by atoms with Crippen molar-refractivity contribution in [1.29, 1.82) is 0 Å². The first-order chi connectivity index (χ1) is 9.69. The summed E-state index contributed by atoms with van der Waals surface area (Å²) in [5.41, 5.74) is 2.06. The van der Waals surface area contributed by atoms with Crippen LogP contribution in [0.3, 0.4) is 0 Å². The van der Waals surface area contributed by atoms with Crippen molar-refractivity contribution >= 4 is 42.8 Å². The zero-order valence-electron chi connectivity index (χ0n) is 10.9. The molecule has 0 aliphatic heterocycles. The number of furan rings is 1. The van der Waals surface area contributed by atoms with Crippen LogP contribution in [0.15, 0.2) is 61.9 Å². The Hall–Kier alpha value is -1.10. The van der Waals surface area contributed by atoms with Crippen LogP contribution in [0.2, 0.25) is 0 Å². The lowest BCUT2D eigenvalue weighted by Crippen LogP contribution is -2.17. The molecule has 0 amide bonds. The average molecular weight is 395 g/mol. The van der Waals surface area contributed by atoms with Gasteiger partial charge in [0.1, 0.15) is 11.3 Å². The van der Waals surface area contributed by atoms with Crippen molar-refractivity contribution in [1.82, 2.24) is 5.32 Å². The van der Waals surface area contributed by atoms with Gasteiger partial charge in [-0.1, -0.05) is 56.1 Å². The first-order valence-corrected chi connectivity index (χ1v) is 7.88. The molecule has 0 aliphatic rings. The van der Waals surface area contributed by atoms with Gasteiger partial charge in [0.2, 0.25) is 0 Å². The second kappa shape index (κ2) is 5.72. The largest absolute Gasteiger partial charge is 0.459 e. The van der Waals surface area contributed by atoms with Gasteiger partial charge < -0.3 is 9.73 Å². The maximum atomic E-state index is 5.97. The molecule has 1 atom stereocenters. The zero-order chi connectivity index (χ0) is 14.1. The molecule has 1 heterocycles. The number of hydrogen-bond acceptors (Lipinski definition) is 2. The van der Waals surface area contributed by atoms with Crippen molar-refractivity contribution in [2.45, 2.75) is 6.04 Å². The van der Waals surface area contributed by atoms with E-state index in [2.05, 4.69) is 55.4 Å². The van der Waals surface area contributed by atoms with Gasteiger partial charge in [-0.15, -0.1) is 0 Å². The van der Waals surface area contributed by atoms with Gasteiger partial charge in [0, 0.05) is 14.3 Å². The summed E-state index contributed by atoms with van der Waals surface area (Å²) in [4.78, 5) is 0. The third-order valence-electron chi connectivity index (χ3n) is 3.29. The lowest BCUT2D eigenvalue weighted by Gasteiger charge is -2.16. The Morgan fingerprint density at radius 3 is 2.55 bits per heavy atom. The number of nitrogens with one attached hydrogen (secondary N) is 1. The summed E-state index contributed by atoms with van der Waals surface area (Å²) in [7, 11) is 1.94. The van der Waals surface area contributed by atoms with E-state index in [-0.39, 0.29) is 6.04 Å². The van der Waals surface area contributed by atoms with E-state index in [1.54, 1.807) is 0 Å². The van der Waals surface area contributed by atoms with Crippen LogP contribution in [0.4, 0.5) is 0 Å². The van der Waals surface area contributed by atoms with Crippen LogP contribution in [0.1, 0.15) is 17.4 Å². The predicted molar refractivity (Wildman–Crippen MR) is 89.0 cm³/mol. The number of halogens is 2. The molecule has 1 aromatic heterocycles. The number of rotatable bonds is 3. The number of benzene rings is 2. The Labute approximate surface area is 134 Å². The van der Waals surface area contributed by atoms with Crippen LogP contribution in [-0.2, 0) is 0 Å². The molecule has 1 N–H and O–H groups in total. The molecule has 3 aromatic rings. The van der Waals surface area contributed by atoms with Gasteiger partial charge in [0.05, 0.1) is 6.04 Å². The summed E-state index contributed by atoms with van der Waals surface area (Å²) in [5.74, 6) is 0.914.